The van der Waals surface area contributed by atoms with Gasteiger partial charge in [0.25, 0.3) is 5.91 Å². The van der Waals surface area contributed by atoms with Crippen LogP contribution in [0.3, 0.4) is 0 Å². The Hall–Kier alpha value is -0.870. The molecule has 0 radical (unpaired) electrons. The minimum atomic E-state index is 0.252. The van der Waals surface area contributed by atoms with E-state index in [2.05, 4.69) is 10.2 Å². The van der Waals surface area contributed by atoms with Crippen LogP contribution in [0.4, 0.5) is 0 Å². The predicted molar refractivity (Wildman–Crippen MR) is 78.8 cm³/mol. The number of carbonyl (C=O) groups excluding carboxylic acids is 1. The Morgan fingerprint density at radius 1 is 1.42 bits per heavy atom. The van der Waals surface area contributed by atoms with Crippen LogP contribution in [0.5, 0.6) is 0 Å². The van der Waals surface area contributed by atoms with E-state index in [-0.39, 0.29) is 5.91 Å². The summed E-state index contributed by atoms with van der Waals surface area (Å²) in [6.07, 6.45) is 6.14. The minimum Gasteiger partial charge on any atom is -0.333 e. The van der Waals surface area contributed by atoms with Gasteiger partial charge in [-0.3, -0.25) is 4.79 Å². The fourth-order valence-corrected chi connectivity index (χ4v) is 3.70. The van der Waals surface area contributed by atoms with Gasteiger partial charge >= 0.3 is 0 Å². The zero-order valence-electron chi connectivity index (χ0n) is 11.5. The second kappa shape index (κ2) is 5.63. The highest BCUT2D eigenvalue weighted by Gasteiger charge is 2.35. The van der Waals surface area contributed by atoms with Crippen molar-refractivity contribution in [2.24, 2.45) is 0 Å². The van der Waals surface area contributed by atoms with Crippen LogP contribution < -0.4 is 5.32 Å². The van der Waals surface area contributed by atoms with Gasteiger partial charge in [0.05, 0.1) is 4.88 Å². The van der Waals surface area contributed by atoms with Crippen LogP contribution in [0.1, 0.15) is 47.3 Å². The van der Waals surface area contributed by atoms with E-state index >= 15 is 0 Å². The van der Waals surface area contributed by atoms with Gasteiger partial charge in [0, 0.05) is 18.6 Å². The highest BCUT2D eigenvalue weighted by molar-refractivity contribution is 7.12. The lowest BCUT2D eigenvalue weighted by Gasteiger charge is -2.30. The first-order chi connectivity index (χ1) is 9.25. The Balaban J connectivity index is 1.70. The number of rotatable bonds is 4. The lowest BCUT2D eigenvalue weighted by atomic mass is 10.0. The van der Waals surface area contributed by atoms with Crippen LogP contribution in [-0.4, -0.2) is 36.0 Å². The Kier molecular flexibility index (Phi) is 3.89. The van der Waals surface area contributed by atoms with Gasteiger partial charge < -0.3 is 10.2 Å². The van der Waals surface area contributed by atoms with E-state index in [1.807, 2.05) is 18.4 Å². The van der Waals surface area contributed by atoms with Crippen molar-refractivity contribution in [2.45, 2.75) is 51.1 Å². The molecule has 1 saturated carbocycles. The number of nitrogens with one attached hydrogen (secondary N) is 1. The number of hydrogen-bond donors (Lipinski definition) is 1. The molecule has 1 unspecified atom stereocenters. The van der Waals surface area contributed by atoms with Crippen LogP contribution in [-0.2, 0) is 0 Å². The van der Waals surface area contributed by atoms with Crippen LogP contribution in [0.25, 0.3) is 0 Å². The Labute approximate surface area is 119 Å². The summed E-state index contributed by atoms with van der Waals surface area (Å²) in [6, 6.07) is 3.04. The van der Waals surface area contributed by atoms with Gasteiger partial charge in [0.15, 0.2) is 0 Å². The number of thiophene rings is 1. The molecular weight excluding hydrogens is 256 g/mol. The first kappa shape index (κ1) is 13.1. The van der Waals surface area contributed by atoms with Crippen molar-refractivity contribution >= 4 is 17.2 Å². The lowest BCUT2D eigenvalue weighted by molar-refractivity contribution is 0.0722. The first-order valence-corrected chi connectivity index (χ1v) is 8.22. The minimum absolute atomic E-state index is 0.252. The number of carbonyl (C=O) groups is 1. The molecule has 0 bridgehead atoms. The van der Waals surface area contributed by atoms with Gasteiger partial charge in [-0.25, -0.2) is 0 Å². The van der Waals surface area contributed by atoms with Gasteiger partial charge in [-0.15, -0.1) is 11.3 Å². The Morgan fingerprint density at radius 2 is 2.26 bits per heavy atom. The summed E-state index contributed by atoms with van der Waals surface area (Å²) in [5, 5.41) is 5.58. The van der Waals surface area contributed by atoms with Crippen LogP contribution >= 0.6 is 11.3 Å². The smallest absolute Gasteiger partial charge is 0.264 e. The molecule has 1 aromatic heterocycles. The molecule has 2 fully saturated rings. The van der Waals surface area contributed by atoms with Gasteiger partial charge in [-0.1, -0.05) is 6.42 Å². The van der Waals surface area contributed by atoms with Gasteiger partial charge in [0.1, 0.15) is 0 Å². The van der Waals surface area contributed by atoms with E-state index in [1.165, 1.54) is 32.1 Å². The zero-order chi connectivity index (χ0) is 13.2. The quantitative estimate of drug-likeness (QED) is 0.918. The number of piperidine rings is 1. The van der Waals surface area contributed by atoms with Gasteiger partial charge in [0.2, 0.25) is 0 Å². The number of aryl methyl sites for hydroxylation is 1. The Morgan fingerprint density at radius 3 is 2.84 bits per heavy atom. The van der Waals surface area contributed by atoms with E-state index in [9.17, 15) is 4.79 Å². The summed E-state index contributed by atoms with van der Waals surface area (Å²) >= 11 is 1.58. The molecule has 2 aliphatic rings. The average Bonchev–Trinajstić information content (AvgIpc) is 3.18. The second-order valence-corrected chi connectivity index (χ2v) is 6.68. The maximum Gasteiger partial charge on any atom is 0.264 e. The second-order valence-electron chi connectivity index (χ2n) is 5.77. The maximum absolute atomic E-state index is 12.7. The summed E-state index contributed by atoms with van der Waals surface area (Å²) in [5.74, 6) is 0.252. The molecule has 1 saturated heterocycles. The molecule has 1 aliphatic heterocycles. The molecule has 3 rings (SSSR count). The first-order valence-electron chi connectivity index (χ1n) is 7.34. The van der Waals surface area contributed by atoms with Gasteiger partial charge in [-0.05, 0) is 56.2 Å². The van der Waals surface area contributed by atoms with Crippen molar-refractivity contribution in [1.82, 2.24) is 10.2 Å². The summed E-state index contributed by atoms with van der Waals surface area (Å²) in [5.41, 5.74) is 1.12. The molecule has 0 spiro atoms. The van der Waals surface area contributed by atoms with Crippen molar-refractivity contribution in [3.63, 3.8) is 0 Å². The largest absolute Gasteiger partial charge is 0.333 e. The molecule has 1 amide bonds. The SMILES string of the molecule is Cc1ccsc1C(=O)N(CC1CCCCN1)C1CC1. The maximum atomic E-state index is 12.7. The summed E-state index contributed by atoms with van der Waals surface area (Å²) < 4.78 is 0. The van der Waals surface area contributed by atoms with E-state index in [0.29, 0.717) is 12.1 Å². The molecule has 1 aromatic rings. The van der Waals surface area contributed by atoms with Crippen molar-refractivity contribution in [1.29, 1.82) is 0 Å². The van der Waals surface area contributed by atoms with Crippen molar-refractivity contribution in [2.75, 3.05) is 13.1 Å². The molecule has 19 heavy (non-hydrogen) atoms. The number of hydrogen-bond acceptors (Lipinski definition) is 3. The van der Waals surface area contributed by atoms with Crippen LogP contribution in [0.2, 0.25) is 0 Å². The molecule has 1 N–H and O–H groups in total. The molecule has 1 atom stereocenters. The fourth-order valence-electron chi connectivity index (χ4n) is 2.82. The summed E-state index contributed by atoms with van der Waals surface area (Å²) in [4.78, 5) is 15.8. The molecular formula is C15H22N2OS. The summed E-state index contributed by atoms with van der Waals surface area (Å²) in [7, 11) is 0. The van der Waals surface area contributed by atoms with E-state index < -0.39 is 0 Å². The molecule has 3 nitrogen and oxygen atoms in total. The molecule has 0 aromatic carbocycles. The summed E-state index contributed by atoms with van der Waals surface area (Å²) in [6.45, 7) is 4.03. The van der Waals surface area contributed by atoms with Crippen molar-refractivity contribution < 1.29 is 4.79 Å². The Bertz CT molecular complexity index is 447. The predicted octanol–water partition coefficient (Wildman–Crippen LogP) is 2.80. The highest BCUT2D eigenvalue weighted by Crippen LogP contribution is 2.30. The van der Waals surface area contributed by atoms with Crippen molar-refractivity contribution in [3.05, 3.63) is 21.9 Å². The number of nitrogens with zero attached hydrogens (tertiary/aromatic N) is 1. The average molecular weight is 278 g/mol. The standard InChI is InChI=1S/C15H22N2OS/c1-11-7-9-19-14(11)15(18)17(13-5-6-13)10-12-4-2-3-8-16-12/h7,9,12-13,16H,2-6,8,10H2,1H3. The number of amides is 1. The molecule has 2 heterocycles. The highest BCUT2D eigenvalue weighted by atomic mass is 32.1. The monoisotopic (exact) mass is 278 g/mol. The normalized spacial score (nSPS) is 23.3. The van der Waals surface area contributed by atoms with Crippen molar-refractivity contribution in [3.8, 4) is 0 Å². The third-order valence-electron chi connectivity index (χ3n) is 4.13. The third kappa shape index (κ3) is 3.00. The van der Waals surface area contributed by atoms with E-state index in [4.69, 9.17) is 0 Å². The molecule has 1 aliphatic carbocycles. The van der Waals surface area contributed by atoms with E-state index in [0.717, 1.165) is 23.5 Å². The fraction of sp³-hybridized carbons (Fsp3) is 0.667. The lowest BCUT2D eigenvalue weighted by Crippen LogP contribution is -2.46. The topological polar surface area (TPSA) is 32.3 Å². The van der Waals surface area contributed by atoms with Crippen LogP contribution in [0, 0.1) is 6.92 Å². The molecule has 104 valence electrons. The van der Waals surface area contributed by atoms with E-state index in [1.54, 1.807) is 11.3 Å². The zero-order valence-corrected chi connectivity index (χ0v) is 12.3. The molecule has 4 heteroatoms. The third-order valence-corrected chi connectivity index (χ3v) is 5.14. The van der Waals surface area contributed by atoms with Crippen LogP contribution in [0.15, 0.2) is 11.4 Å². The van der Waals surface area contributed by atoms with Gasteiger partial charge in [-0.2, -0.15) is 0 Å².